The molecule has 0 fully saturated rings. The van der Waals surface area contributed by atoms with Crippen LogP contribution in [0, 0.1) is 17.5 Å². The Balaban J connectivity index is 1.63. The average Bonchev–Trinajstić information content (AvgIpc) is 3.60. The van der Waals surface area contributed by atoms with Gasteiger partial charge in [-0.05, 0) is 51.9 Å². The lowest BCUT2D eigenvalue weighted by Crippen LogP contribution is -2.50. The van der Waals surface area contributed by atoms with Gasteiger partial charge in [0.1, 0.15) is 10.7 Å². The zero-order chi connectivity index (χ0) is 28.0. The molecule has 2 aromatic carbocycles. The molecule has 12 heteroatoms. The van der Waals surface area contributed by atoms with E-state index in [1.54, 1.807) is 35.7 Å². The van der Waals surface area contributed by atoms with E-state index in [0.29, 0.717) is 4.88 Å². The number of aliphatic hydroxyl groups is 1. The molecule has 4 rings (SSSR count). The van der Waals surface area contributed by atoms with E-state index < -0.39 is 51.1 Å². The fourth-order valence-electron chi connectivity index (χ4n) is 3.99. The largest absolute Gasteiger partial charge is 0.390 e. The lowest BCUT2D eigenvalue weighted by molar-refractivity contribution is -0.122. The highest BCUT2D eigenvalue weighted by Gasteiger charge is 2.33. The molecule has 2 heterocycles. The van der Waals surface area contributed by atoms with Crippen LogP contribution in [0.4, 0.5) is 13.2 Å². The van der Waals surface area contributed by atoms with Crippen molar-refractivity contribution in [2.75, 3.05) is 6.54 Å². The van der Waals surface area contributed by atoms with Gasteiger partial charge in [-0.3, -0.25) is 4.79 Å². The van der Waals surface area contributed by atoms with Gasteiger partial charge in [-0.15, -0.1) is 11.3 Å². The lowest BCUT2D eigenvalue weighted by atomic mass is 10.0. The fraction of sp³-hybridized carbons (Fsp3) is 0.222. The normalized spacial score (nSPS) is 13.4. The van der Waals surface area contributed by atoms with Crippen molar-refractivity contribution in [1.82, 2.24) is 9.62 Å². The van der Waals surface area contributed by atoms with Gasteiger partial charge in [0.25, 0.3) is 0 Å². The summed E-state index contributed by atoms with van der Waals surface area (Å²) in [4.78, 5) is 12.3. The molecule has 0 saturated carbocycles. The number of carbonyl (C=O) groups excluding carboxylic acids is 1. The van der Waals surface area contributed by atoms with Gasteiger partial charge >= 0.3 is 0 Å². The van der Waals surface area contributed by atoms with Gasteiger partial charge in [0.15, 0.2) is 11.6 Å². The Morgan fingerprint density at radius 1 is 0.949 bits per heavy atom. The second-order valence-electron chi connectivity index (χ2n) is 8.81. The first kappa shape index (κ1) is 29.0. The Kier molecular flexibility index (Phi) is 9.57. The number of hydrogen-bond acceptors (Lipinski definition) is 6. The van der Waals surface area contributed by atoms with Gasteiger partial charge in [0.2, 0.25) is 15.9 Å². The minimum absolute atomic E-state index is 0.0682. The van der Waals surface area contributed by atoms with Crippen molar-refractivity contribution in [3.63, 3.8) is 0 Å². The quantitative estimate of drug-likeness (QED) is 0.232. The van der Waals surface area contributed by atoms with E-state index in [0.717, 1.165) is 15.4 Å². The number of nitrogens with zero attached hydrogens (tertiary/aromatic N) is 1. The van der Waals surface area contributed by atoms with Crippen LogP contribution in [-0.4, -0.2) is 42.4 Å². The van der Waals surface area contributed by atoms with Gasteiger partial charge in [0.05, 0.1) is 18.6 Å². The summed E-state index contributed by atoms with van der Waals surface area (Å²) in [7, 11) is -4.73. The molecule has 2 aromatic heterocycles. The van der Waals surface area contributed by atoms with E-state index in [9.17, 15) is 31.5 Å². The van der Waals surface area contributed by atoms with Gasteiger partial charge in [-0.1, -0.05) is 36.4 Å². The maximum atomic E-state index is 14.6. The summed E-state index contributed by atoms with van der Waals surface area (Å²) in [6, 6.07) is 13.7. The van der Waals surface area contributed by atoms with Crippen LogP contribution in [0.3, 0.4) is 0 Å². The summed E-state index contributed by atoms with van der Waals surface area (Å²) in [6.07, 6.45) is -1.18. The van der Waals surface area contributed by atoms with E-state index in [2.05, 4.69) is 5.32 Å². The van der Waals surface area contributed by atoms with Crippen LogP contribution >= 0.6 is 22.7 Å². The molecule has 206 valence electrons. The highest BCUT2D eigenvalue weighted by Crippen LogP contribution is 2.26. The van der Waals surface area contributed by atoms with Gasteiger partial charge in [0, 0.05) is 24.0 Å². The molecule has 4 aromatic rings. The number of carbonyl (C=O) groups is 1. The summed E-state index contributed by atoms with van der Waals surface area (Å²) >= 11 is 2.68. The molecule has 0 aliphatic rings. The zero-order valence-electron chi connectivity index (χ0n) is 20.5. The van der Waals surface area contributed by atoms with Crippen molar-refractivity contribution < 1.29 is 31.5 Å². The van der Waals surface area contributed by atoms with Crippen LogP contribution in [-0.2, 0) is 34.2 Å². The smallest absolute Gasteiger partial charge is 0.246 e. The Bertz CT molecular complexity index is 1480. The topological polar surface area (TPSA) is 86.7 Å². The fourth-order valence-corrected chi connectivity index (χ4v) is 6.95. The van der Waals surface area contributed by atoms with Gasteiger partial charge in [-0.25, -0.2) is 21.6 Å². The Labute approximate surface area is 232 Å². The van der Waals surface area contributed by atoms with Crippen LogP contribution in [0.25, 0.3) is 0 Å². The number of sulfonamides is 1. The standard InChI is InChI=1S/C27H25F3N2O4S3/c28-21-13-23(30)26(14-22(21)29)39(35,36)32(15-20-7-4-9-38-20)16-25(33)24(11-18-5-2-1-3-6-18)31-27(34)12-19-8-10-37-17-19/h1-10,13-14,17,24-25,33H,11-12,15-16H2,(H,31,34). The minimum atomic E-state index is -4.73. The minimum Gasteiger partial charge on any atom is -0.390 e. The highest BCUT2D eigenvalue weighted by molar-refractivity contribution is 7.89. The molecule has 6 nitrogen and oxygen atoms in total. The zero-order valence-corrected chi connectivity index (χ0v) is 22.9. The van der Waals surface area contributed by atoms with Crippen LogP contribution in [0.5, 0.6) is 0 Å². The molecule has 1 amide bonds. The predicted molar refractivity (Wildman–Crippen MR) is 144 cm³/mol. The molecule has 2 N–H and O–H groups in total. The van der Waals surface area contributed by atoms with Crippen molar-refractivity contribution in [1.29, 1.82) is 0 Å². The van der Waals surface area contributed by atoms with Crippen molar-refractivity contribution >= 4 is 38.6 Å². The maximum Gasteiger partial charge on any atom is 0.246 e. The number of rotatable bonds is 12. The molecular formula is C27H25F3N2O4S3. The molecule has 2 unspecified atom stereocenters. The molecule has 0 saturated heterocycles. The second kappa shape index (κ2) is 12.9. The van der Waals surface area contributed by atoms with Crippen molar-refractivity contribution in [3.8, 4) is 0 Å². The SMILES string of the molecule is O=C(Cc1ccsc1)NC(Cc1ccccc1)C(O)CN(Cc1cccs1)S(=O)(=O)c1cc(F)c(F)cc1F. The number of aliphatic hydroxyl groups excluding tert-OH is 1. The third-order valence-electron chi connectivity index (χ3n) is 5.95. The number of benzene rings is 2. The van der Waals surface area contributed by atoms with Gasteiger partial charge in [-0.2, -0.15) is 15.6 Å². The lowest BCUT2D eigenvalue weighted by Gasteiger charge is -2.30. The van der Waals surface area contributed by atoms with Crippen molar-refractivity contribution in [2.24, 2.45) is 0 Å². The number of hydrogen-bond donors (Lipinski definition) is 2. The number of halogens is 3. The number of amides is 1. The Morgan fingerprint density at radius 2 is 1.69 bits per heavy atom. The van der Waals surface area contributed by atoms with Crippen LogP contribution in [0.2, 0.25) is 0 Å². The van der Waals surface area contributed by atoms with Crippen molar-refractivity contribution in [3.05, 3.63) is 110 Å². The molecule has 0 aliphatic heterocycles. The third-order valence-corrected chi connectivity index (χ3v) is 9.37. The van der Waals surface area contributed by atoms with Crippen LogP contribution in [0.1, 0.15) is 16.0 Å². The first-order valence-electron chi connectivity index (χ1n) is 11.8. The van der Waals surface area contributed by atoms with Crippen LogP contribution < -0.4 is 5.32 Å². The summed E-state index contributed by atoms with van der Waals surface area (Å²) in [5.41, 5.74) is 1.58. The second-order valence-corrected chi connectivity index (χ2v) is 12.5. The van der Waals surface area contributed by atoms with Crippen molar-refractivity contribution in [2.45, 2.75) is 36.4 Å². The van der Waals surface area contributed by atoms with E-state index >= 15 is 0 Å². The first-order valence-corrected chi connectivity index (χ1v) is 15.1. The molecule has 0 radical (unpaired) electrons. The summed E-state index contributed by atoms with van der Waals surface area (Å²) in [6.45, 7) is -0.800. The third kappa shape index (κ3) is 7.55. The van der Waals surface area contributed by atoms with E-state index in [1.807, 2.05) is 29.0 Å². The summed E-state index contributed by atoms with van der Waals surface area (Å²) in [5, 5.41) is 19.5. The average molecular weight is 595 g/mol. The predicted octanol–water partition coefficient (Wildman–Crippen LogP) is 4.75. The Hall–Kier alpha value is -3.03. The molecule has 39 heavy (non-hydrogen) atoms. The summed E-state index contributed by atoms with van der Waals surface area (Å²) in [5.74, 6) is -4.86. The summed E-state index contributed by atoms with van der Waals surface area (Å²) < 4.78 is 69.9. The van der Waals surface area contributed by atoms with E-state index in [-0.39, 0.29) is 37.4 Å². The van der Waals surface area contributed by atoms with E-state index in [1.165, 1.54) is 22.7 Å². The van der Waals surface area contributed by atoms with Crippen LogP contribution in [0.15, 0.2) is 81.7 Å². The molecule has 0 aliphatic carbocycles. The molecule has 0 bridgehead atoms. The first-order chi connectivity index (χ1) is 18.6. The maximum absolute atomic E-state index is 14.6. The monoisotopic (exact) mass is 594 g/mol. The van der Waals surface area contributed by atoms with Gasteiger partial charge < -0.3 is 10.4 Å². The Morgan fingerprint density at radius 3 is 2.36 bits per heavy atom. The van der Waals surface area contributed by atoms with E-state index in [4.69, 9.17) is 0 Å². The molecule has 0 spiro atoms. The highest BCUT2D eigenvalue weighted by atomic mass is 32.2. The molecule has 2 atom stereocenters. The number of thiophene rings is 2. The number of nitrogens with one attached hydrogen (secondary N) is 1. The molecular weight excluding hydrogens is 570 g/mol.